The fraction of sp³-hybridized carbons (Fsp3) is 0.250. The third kappa shape index (κ3) is 2.26. The SMILES string of the molecule is CC(Cl)(Cl)c1ccccc1Cl. The predicted molar refractivity (Wildman–Crippen MR) is 50.5 cm³/mol. The molecule has 0 unspecified atom stereocenters. The van der Waals surface area contributed by atoms with E-state index >= 15 is 0 Å². The molecule has 0 fully saturated rings. The van der Waals surface area contributed by atoms with Crippen molar-refractivity contribution >= 4 is 34.8 Å². The van der Waals surface area contributed by atoms with Crippen molar-refractivity contribution in [3.05, 3.63) is 34.9 Å². The molecule has 0 aliphatic carbocycles. The molecule has 0 amide bonds. The Hall–Kier alpha value is 0.0900. The fourth-order valence-corrected chi connectivity index (χ4v) is 1.57. The van der Waals surface area contributed by atoms with Gasteiger partial charge in [-0.25, -0.2) is 0 Å². The largest absolute Gasteiger partial charge is 0.141 e. The molecule has 0 nitrogen and oxygen atoms in total. The fourth-order valence-electron chi connectivity index (χ4n) is 0.817. The van der Waals surface area contributed by atoms with Crippen molar-refractivity contribution in [1.82, 2.24) is 0 Å². The molecule has 0 aromatic heterocycles. The molecular weight excluding hydrogens is 202 g/mol. The summed E-state index contributed by atoms with van der Waals surface area (Å²) >= 11 is 17.5. The zero-order chi connectivity index (χ0) is 8.48. The summed E-state index contributed by atoms with van der Waals surface area (Å²) in [5.41, 5.74) is 0.741. The summed E-state index contributed by atoms with van der Waals surface area (Å²) in [5, 5.41) is 0.597. The molecule has 0 atom stereocenters. The minimum absolute atomic E-state index is 0.597. The lowest BCUT2D eigenvalue weighted by Gasteiger charge is -2.14. The Morgan fingerprint density at radius 3 is 2.09 bits per heavy atom. The maximum absolute atomic E-state index is 5.84. The van der Waals surface area contributed by atoms with Gasteiger partial charge in [0.05, 0.1) is 0 Å². The summed E-state index contributed by atoms with van der Waals surface area (Å²) in [6.45, 7) is 1.69. The average molecular weight is 210 g/mol. The topological polar surface area (TPSA) is 0 Å². The second-order valence-electron chi connectivity index (χ2n) is 2.37. The predicted octanol–water partition coefficient (Wildman–Crippen LogP) is 3.99. The van der Waals surface area contributed by atoms with E-state index < -0.39 is 4.33 Å². The third-order valence-electron chi connectivity index (χ3n) is 1.35. The van der Waals surface area contributed by atoms with Crippen molar-refractivity contribution in [2.24, 2.45) is 0 Å². The summed E-state index contributed by atoms with van der Waals surface area (Å²) in [6, 6.07) is 7.26. The van der Waals surface area contributed by atoms with Crippen molar-refractivity contribution in [2.75, 3.05) is 0 Å². The highest BCUT2D eigenvalue weighted by atomic mass is 35.5. The Labute approximate surface area is 81.1 Å². The first-order valence-corrected chi connectivity index (χ1v) is 4.28. The molecule has 11 heavy (non-hydrogen) atoms. The zero-order valence-corrected chi connectivity index (χ0v) is 8.21. The lowest BCUT2D eigenvalue weighted by molar-refractivity contribution is 0.977. The van der Waals surface area contributed by atoms with Crippen molar-refractivity contribution in [2.45, 2.75) is 11.3 Å². The van der Waals surface area contributed by atoms with Gasteiger partial charge in [0.25, 0.3) is 0 Å². The van der Waals surface area contributed by atoms with Gasteiger partial charge in [-0.3, -0.25) is 0 Å². The molecule has 1 rings (SSSR count). The van der Waals surface area contributed by atoms with E-state index in [-0.39, 0.29) is 0 Å². The lowest BCUT2D eigenvalue weighted by atomic mass is 10.2. The van der Waals surface area contributed by atoms with Crippen molar-refractivity contribution in [3.63, 3.8) is 0 Å². The van der Waals surface area contributed by atoms with Crippen LogP contribution in [0.5, 0.6) is 0 Å². The van der Waals surface area contributed by atoms with Crippen LogP contribution in [0, 0.1) is 0 Å². The van der Waals surface area contributed by atoms with E-state index in [1.165, 1.54) is 0 Å². The van der Waals surface area contributed by atoms with E-state index in [1.54, 1.807) is 13.0 Å². The summed E-state index contributed by atoms with van der Waals surface area (Å²) in [5.74, 6) is 0. The highest BCUT2D eigenvalue weighted by Gasteiger charge is 2.21. The second-order valence-corrected chi connectivity index (χ2v) is 4.48. The van der Waals surface area contributed by atoms with Crippen molar-refractivity contribution < 1.29 is 0 Å². The van der Waals surface area contributed by atoms with Gasteiger partial charge in [-0.05, 0) is 13.0 Å². The summed E-state index contributed by atoms with van der Waals surface area (Å²) in [7, 11) is 0. The molecule has 0 radical (unpaired) electrons. The Bertz CT molecular complexity index is 250. The van der Waals surface area contributed by atoms with Crippen molar-refractivity contribution in [3.8, 4) is 0 Å². The van der Waals surface area contributed by atoms with Gasteiger partial charge in [0, 0.05) is 10.6 Å². The van der Waals surface area contributed by atoms with Gasteiger partial charge in [0.2, 0.25) is 0 Å². The molecule has 0 saturated carbocycles. The first-order valence-electron chi connectivity index (χ1n) is 3.14. The Morgan fingerprint density at radius 2 is 1.73 bits per heavy atom. The van der Waals surface area contributed by atoms with E-state index in [2.05, 4.69) is 0 Å². The van der Waals surface area contributed by atoms with Crippen LogP contribution in [-0.2, 0) is 4.33 Å². The van der Waals surface area contributed by atoms with Crippen LogP contribution in [0.3, 0.4) is 0 Å². The van der Waals surface area contributed by atoms with E-state index in [0.29, 0.717) is 5.02 Å². The van der Waals surface area contributed by atoms with Crippen LogP contribution in [0.1, 0.15) is 12.5 Å². The van der Waals surface area contributed by atoms with Crippen LogP contribution in [0.25, 0.3) is 0 Å². The summed E-state index contributed by atoms with van der Waals surface area (Å²) in [4.78, 5) is 0. The van der Waals surface area contributed by atoms with Gasteiger partial charge < -0.3 is 0 Å². The Balaban J connectivity index is 3.14. The van der Waals surface area contributed by atoms with Gasteiger partial charge in [0.15, 0.2) is 0 Å². The number of benzene rings is 1. The van der Waals surface area contributed by atoms with E-state index in [1.807, 2.05) is 18.2 Å². The van der Waals surface area contributed by atoms with Crippen LogP contribution in [0.2, 0.25) is 5.02 Å². The molecule has 0 aliphatic heterocycles. The molecule has 3 heteroatoms. The quantitative estimate of drug-likeness (QED) is 0.614. The minimum Gasteiger partial charge on any atom is -0.0966 e. The molecular formula is C8H7Cl3. The van der Waals surface area contributed by atoms with Gasteiger partial charge in [-0.15, -0.1) is 0 Å². The van der Waals surface area contributed by atoms with E-state index in [0.717, 1.165) is 5.56 Å². The number of halogens is 3. The number of hydrogen-bond acceptors (Lipinski definition) is 0. The van der Waals surface area contributed by atoms with E-state index in [4.69, 9.17) is 34.8 Å². The third-order valence-corrected chi connectivity index (χ3v) is 2.08. The molecule has 0 bridgehead atoms. The van der Waals surface area contributed by atoms with Gasteiger partial charge in [0.1, 0.15) is 4.33 Å². The first-order chi connectivity index (χ1) is 5.02. The Morgan fingerprint density at radius 1 is 1.18 bits per heavy atom. The molecule has 0 spiro atoms. The molecule has 0 aliphatic rings. The maximum Gasteiger partial charge on any atom is 0.141 e. The normalized spacial score (nSPS) is 11.6. The van der Waals surface area contributed by atoms with Crippen LogP contribution in [0.4, 0.5) is 0 Å². The Kier molecular flexibility index (Phi) is 2.69. The number of rotatable bonds is 1. The highest BCUT2D eigenvalue weighted by Crippen LogP contribution is 2.36. The summed E-state index contributed by atoms with van der Waals surface area (Å²) in [6.07, 6.45) is 0. The van der Waals surface area contributed by atoms with Crippen LogP contribution < -0.4 is 0 Å². The number of hydrogen-bond donors (Lipinski definition) is 0. The number of alkyl halides is 2. The molecule has 60 valence electrons. The van der Waals surface area contributed by atoms with E-state index in [9.17, 15) is 0 Å². The average Bonchev–Trinajstić information content (AvgIpc) is 1.86. The van der Waals surface area contributed by atoms with Gasteiger partial charge in [-0.2, -0.15) is 0 Å². The monoisotopic (exact) mass is 208 g/mol. The van der Waals surface area contributed by atoms with Crippen molar-refractivity contribution in [1.29, 1.82) is 0 Å². The maximum atomic E-state index is 5.84. The first kappa shape index (κ1) is 9.18. The van der Waals surface area contributed by atoms with Gasteiger partial charge in [-0.1, -0.05) is 53.0 Å². The second kappa shape index (κ2) is 3.22. The van der Waals surface area contributed by atoms with Gasteiger partial charge >= 0.3 is 0 Å². The minimum atomic E-state index is -0.904. The van der Waals surface area contributed by atoms with Crippen LogP contribution in [-0.4, -0.2) is 0 Å². The summed E-state index contributed by atoms with van der Waals surface area (Å²) < 4.78 is -0.904. The van der Waals surface area contributed by atoms with Crippen LogP contribution >= 0.6 is 34.8 Å². The molecule has 0 saturated heterocycles. The molecule has 1 aromatic rings. The van der Waals surface area contributed by atoms with Crippen LogP contribution in [0.15, 0.2) is 24.3 Å². The standard InChI is InChI=1S/C8H7Cl3/c1-8(10,11)6-4-2-3-5-7(6)9/h2-5H,1H3. The highest BCUT2D eigenvalue weighted by molar-refractivity contribution is 6.48. The lowest BCUT2D eigenvalue weighted by Crippen LogP contribution is -2.03. The smallest absolute Gasteiger partial charge is 0.0966 e. The molecule has 1 aromatic carbocycles. The molecule has 0 N–H and O–H groups in total. The molecule has 0 heterocycles. The zero-order valence-electron chi connectivity index (χ0n) is 5.94.